The van der Waals surface area contributed by atoms with Gasteiger partial charge in [0.15, 0.2) is 0 Å². The molecule has 1 heterocycles. The minimum atomic E-state index is -4.35. The van der Waals surface area contributed by atoms with Crippen molar-refractivity contribution in [1.29, 1.82) is 0 Å². The fourth-order valence-corrected chi connectivity index (χ4v) is 1.64. The molecule has 94 valence electrons. The number of aromatic nitrogens is 2. The highest BCUT2D eigenvalue weighted by molar-refractivity contribution is 5.56. The molecule has 5 heteroatoms. The van der Waals surface area contributed by atoms with Crippen LogP contribution in [0.2, 0.25) is 0 Å². The third-order valence-electron chi connectivity index (χ3n) is 2.55. The number of H-pyrrole nitrogens is 1. The Morgan fingerprint density at radius 1 is 1.33 bits per heavy atom. The van der Waals surface area contributed by atoms with Crippen LogP contribution in [0.1, 0.15) is 12.5 Å². The van der Waals surface area contributed by atoms with E-state index < -0.39 is 11.7 Å². The van der Waals surface area contributed by atoms with E-state index in [2.05, 4.69) is 16.5 Å². The number of alkyl halides is 3. The molecule has 0 amide bonds. The molecule has 2 rings (SSSR count). The van der Waals surface area contributed by atoms with Gasteiger partial charge in [-0.25, -0.2) is 4.98 Å². The zero-order chi connectivity index (χ0) is 13.3. The predicted molar refractivity (Wildman–Crippen MR) is 63.9 cm³/mol. The lowest BCUT2D eigenvalue weighted by molar-refractivity contribution is -0.137. The molecule has 0 aliphatic rings. The molecule has 2 nitrogen and oxygen atoms in total. The number of hydrogen-bond acceptors (Lipinski definition) is 1. The maximum Gasteiger partial charge on any atom is 0.416 e. The van der Waals surface area contributed by atoms with Crippen molar-refractivity contribution in [2.75, 3.05) is 0 Å². The summed E-state index contributed by atoms with van der Waals surface area (Å²) in [4.78, 5) is 7.05. The number of nitrogens with one attached hydrogen (secondary N) is 1. The van der Waals surface area contributed by atoms with Crippen molar-refractivity contribution in [1.82, 2.24) is 9.97 Å². The molecule has 0 fully saturated rings. The zero-order valence-electron chi connectivity index (χ0n) is 9.67. The topological polar surface area (TPSA) is 28.7 Å². The molecular weight excluding hydrogens is 241 g/mol. The molecule has 0 saturated heterocycles. The molecule has 2 aromatic rings. The summed E-state index contributed by atoms with van der Waals surface area (Å²) in [6.07, 6.45) is -2.61. The Morgan fingerprint density at radius 2 is 2.06 bits per heavy atom. The first-order valence-electron chi connectivity index (χ1n) is 5.31. The fraction of sp³-hybridized carbons (Fsp3) is 0.154. The van der Waals surface area contributed by atoms with Crippen molar-refractivity contribution in [3.05, 3.63) is 40.5 Å². The first-order valence-corrected chi connectivity index (χ1v) is 5.31. The minimum Gasteiger partial charge on any atom is -0.338 e. The number of benzene rings is 1. The van der Waals surface area contributed by atoms with Gasteiger partial charge in [0.1, 0.15) is 5.82 Å². The van der Waals surface area contributed by atoms with Crippen LogP contribution in [0.5, 0.6) is 0 Å². The van der Waals surface area contributed by atoms with Crippen LogP contribution in [0, 0.1) is 0 Å². The van der Waals surface area contributed by atoms with Crippen LogP contribution in [0.25, 0.3) is 24.0 Å². The molecule has 0 bridgehead atoms. The number of aromatic amines is 1. The second kappa shape index (κ2) is 4.33. The summed E-state index contributed by atoms with van der Waals surface area (Å²) in [7, 11) is 0. The number of imidazole rings is 1. The number of halogens is 3. The second-order valence-corrected chi connectivity index (χ2v) is 3.82. The van der Waals surface area contributed by atoms with E-state index in [0.29, 0.717) is 22.1 Å². The van der Waals surface area contributed by atoms with Gasteiger partial charge in [-0.05, 0) is 19.1 Å². The van der Waals surface area contributed by atoms with E-state index in [9.17, 15) is 13.2 Å². The molecule has 0 saturated carbocycles. The van der Waals surface area contributed by atoms with Crippen molar-refractivity contribution in [3.8, 4) is 11.4 Å². The summed E-state index contributed by atoms with van der Waals surface area (Å²) in [5.41, 5.74) is -0.299. The number of rotatable bonds is 1. The highest BCUT2D eigenvalue weighted by Gasteiger charge is 2.30. The maximum absolute atomic E-state index is 12.6. The van der Waals surface area contributed by atoms with Crippen molar-refractivity contribution >= 4 is 12.7 Å². The molecule has 0 aliphatic heterocycles. The standard InChI is InChI=1S/C13H11F3N2/c1-3-11-8(2)17-12(18-11)9-5-4-6-10(7-9)13(14,15)16/h3-7H,2H2,1H3,(H,17,18)/b11-3-. The molecule has 0 spiro atoms. The van der Waals surface area contributed by atoms with Gasteiger partial charge >= 0.3 is 6.18 Å². The maximum atomic E-state index is 12.6. The van der Waals surface area contributed by atoms with Gasteiger partial charge in [0.25, 0.3) is 0 Å². The molecule has 1 aromatic carbocycles. The molecule has 1 aromatic heterocycles. The molecule has 18 heavy (non-hydrogen) atoms. The Kier molecular flexibility index (Phi) is 2.98. The van der Waals surface area contributed by atoms with Gasteiger partial charge in [0, 0.05) is 5.56 Å². The van der Waals surface area contributed by atoms with Crippen molar-refractivity contribution in [3.63, 3.8) is 0 Å². The smallest absolute Gasteiger partial charge is 0.338 e. The Hall–Kier alpha value is -2.04. The monoisotopic (exact) mass is 252 g/mol. The molecule has 0 unspecified atom stereocenters. The van der Waals surface area contributed by atoms with E-state index in [-0.39, 0.29) is 0 Å². The van der Waals surface area contributed by atoms with E-state index >= 15 is 0 Å². The van der Waals surface area contributed by atoms with Crippen LogP contribution in [-0.2, 0) is 6.18 Å². The lowest BCUT2D eigenvalue weighted by Crippen LogP contribution is -2.21. The van der Waals surface area contributed by atoms with E-state index in [0.717, 1.165) is 12.1 Å². The zero-order valence-corrected chi connectivity index (χ0v) is 9.67. The first-order chi connectivity index (χ1) is 8.41. The van der Waals surface area contributed by atoms with Crippen LogP contribution < -0.4 is 10.7 Å². The SMILES string of the molecule is C=c1[nH]c(-c2cccc(C(F)(F)F)c2)n/c1=C\C. The van der Waals surface area contributed by atoms with E-state index in [4.69, 9.17) is 0 Å². The minimum absolute atomic E-state index is 0.388. The molecule has 0 radical (unpaired) electrons. The number of hydrogen-bond donors (Lipinski definition) is 1. The third kappa shape index (κ3) is 2.30. The van der Waals surface area contributed by atoms with Gasteiger partial charge in [-0.3, -0.25) is 0 Å². The summed E-state index contributed by atoms with van der Waals surface area (Å²) >= 11 is 0. The molecule has 1 N–H and O–H groups in total. The van der Waals surface area contributed by atoms with Gasteiger partial charge in [-0.2, -0.15) is 13.2 Å². The van der Waals surface area contributed by atoms with Gasteiger partial charge in [0.05, 0.1) is 16.3 Å². The van der Waals surface area contributed by atoms with Gasteiger partial charge in [0.2, 0.25) is 0 Å². The summed E-state index contributed by atoms with van der Waals surface area (Å²) in [6.45, 7) is 5.53. The fourth-order valence-electron chi connectivity index (χ4n) is 1.64. The summed E-state index contributed by atoms with van der Waals surface area (Å²) in [6, 6.07) is 5.04. The lowest BCUT2D eigenvalue weighted by Gasteiger charge is -2.07. The Labute approximate surface area is 101 Å². The summed E-state index contributed by atoms with van der Waals surface area (Å²) in [5.74, 6) is 0.388. The molecular formula is C13H11F3N2. The van der Waals surface area contributed by atoms with Crippen LogP contribution in [0.4, 0.5) is 13.2 Å². The first kappa shape index (κ1) is 12.4. The van der Waals surface area contributed by atoms with Crippen molar-refractivity contribution in [2.45, 2.75) is 13.1 Å². The highest BCUT2D eigenvalue weighted by Crippen LogP contribution is 2.30. The Bertz CT molecular complexity index is 668. The quantitative estimate of drug-likeness (QED) is 0.829. The van der Waals surface area contributed by atoms with E-state index in [1.165, 1.54) is 6.07 Å². The van der Waals surface area contributed by atoms with E-state index in [1.54, 1.807) is 19.1 Å². The number of nitrogens with zero attached hydrogens (tertiary/aromatic N) is 1. The third-order valence-corrected chi connectivity index (χ3v) is 2.55. The predicted octanol–water partition coefficient (Wildman–Crippen LogP) is 2.31. The highest BCUT2D eigenvalue weighted by atomic mass is 19.4. The van der Waals surface area contributed by atoms with Crippen LogP contribution in [-0.4, -0.2) is 9.97 Å². The largest absolute Gasteiger partial charge is 0.416 e. The lowest BCUT2D eigenvalue weighted by atomic mass is 10.1. The van der Waals surface area contributed by atoms with E-state index in [1.807, 2.05) is 0 Å². The average molecular weight is 252 g/mol. The average Bonchev–Trinajstić information content (AvgIpc) is 2.70. The molecule has 0 aliphatic carbocycles. The van der Waals surface area contributed by atoms with Crippen molar-refractivity contribution in [2.24, 2.45) is 0 Å². The molecule has 0 atom stereocenters. The second-order valence-electron chi connectivity index (χ2n) is 3.82. The van der Waals surface area contributed by atoms with Crippen LogP contribution in [0.15, 0.2) is 24.3 Å². The van der Waals surface area contributed by atoms with Gasteiger partial charge < -0.3 is 4.98 Å². The Morgan fingerprint density at radius 3 is 2.61 bits per heavy atom. The van der Waals surface area contributed by atoms with Crippen molar-refractivity contribution < 1.29 is 13.2 Å². The van der Waals surface area contributed by atoms with Gasteiger partial charge in [-0.15, -0.1) is 0 Å². The normalized spacial score (nSPS) is 13.0. The van der Waals surface area contributed by atoms with Gasteiger partial charge in [-0.1, -0.05) is 24.8 Å². The van der Waals surface area contributed by atoms with Crippen LogP contribution in [0.3, 0.4) is 0 Å². The Balaban J connectivity index is 2.55. The summed E-state index contributed by atoms with van der Waals surface area (Å²) in [5, 5.41) is 1.23. The van der Waals surface area contributed by atoms with Crippen LogP contribution >= 0.6 is 0 Å². The summed E-state index contributed by atoms with van der Waals surface area (Å²) < 4.78 is 37.8.